The zero-order chi connectivity index (χ0) is 14.8. The first-order valence-corrected chi connectivity index (χ1v) is 7.83. The quantitative estimate of drug-likeness (QED) is 0.695. The first kappa shape index (κ1) is 12.7. The lowest BCUT2D eigenvalue weighted by molar-refractivity contribution is 0.238. The summed E-state index contributed by atoms with van der Waals surface area (Å²) in [6.45, 7) is 1.34. The van der Waals surface area contributed by atoms with Crippen molar-refractivity contribution >= 4 is 28.3 Å². The number of pyridine rings is 1. The van der Waals surface area contributed by atoms with Gasteiger partial charge in [0.25, 0.3) is 0 Å². The second-order valence-corrected chi connectivity index (χ2v) is 6.50. The van der Waals surface area contributed by atoms with Gasteiger partial charge in [0, 0.05) is 24.7 Å². The molecule has 5 heterocycles. The van der Waals surface area contributed by atoms with Gasteiger partial charge in [-0.15, -0.1) is 0 Å². The summed E-state index contributed by atoms with van der Waals surface area (Å²) in [5.41, 5.74) is 0.249. The van der Waals surface area contributed by atoms with Crippen LogP contribution in [0, 0.1) is 0 Å². The number of ether oxygens (including phenoxy) is 1. The van der Waals surface area contributed by atoms with Crippen LogP contribution in [0.2, 0.25) is 5.15 Å². The van der Waals surface area contributed by atoms with Gasteiger partial charge in [0.15, 0.2) is 0 Å². The molecule has 0 spiro atoms. The van der Waals surface area contributed by atoms with Crippen LogP contribution < -0.4 is 20.6 Å². The molecule has 0 saturated carbocycles. The minimum absolute atomic E-state index is 0.157. The molecule has 3 aliphatic heterocycles. The summed E-state index contributed by atoms with van der Waals surface area (Å²) in [6.07, 6.45) is 2.27. The van der Waals surface area contributed by atoms with E-state index in [4.69, 9.17) is 16.3 Å². The maximum Gasteiger partial charge on any atom is 0.347 e. The van der Waals surface area contributed by atoms with Gasteiger partial charge in [0.1, 0.15) is 23.0 Å². The maximum absolute atomic E-state index is 12.0. The van der Waals surface area contributed by atoms with E-state index < -0.39 is 0 Å². The van der Waals surface area contributed by atoms with Crippen LogP contribution in [-0.2, 0) is 0 Å². The number of hydrogen-bond acceptors (Lipinski definition) is 6. The highest BCUT2D eigenvalue weighted by Crippen LogP contribution is 2.38. The summed E-state index contributed by atoms with van der Waals surface area (Å²) in [7, 11) is 0. The molecule has 0 radical (unpaired) electrons. The van der Waals surface area contributed by atoms with Crippen LogP contribution in [0.15, 0.2) is 10.9 Å². The number of nitrogens with one attached hydrogen (secondary N) is 2. The van der Waals surface area contributed by atoms with E-state index in [1.165, 1.54) is 0 Å². The summed E-state index contributed by atoms with van der Waals surface area (Å²) in [5.74, 6) is 1.12. The smallest absolute Gasteiger partial charge is 0.347 e. The Bertz CT molecular complexity index is 838. The van der Waals surface area contributed by atoms with E-state index in [9.17, 15) is 4.79 Å². The van der Waals surface area contributed by atoms with Gasteiger partial charge in [-0.1, -0.05) is 11.6 Å². The maximum atomic E-state index is 12.0. The van der Waals surface area contributed by atoms with Crippen LogP contribution >= 0.6 is 11.6 Å². The number of fused-ring (bicyclic) bond motifs is 5. The Morgan fingerprint density at radius 3 is 3.18 bits per heavy atom. The predicted octanol–water partition coefficient (Wildman–Crippen LogP) is 0.673. The third-order valence-corrected chi connectivity index (χ3v) is 5.04. The van der Waals surface area contributed by atoms with Gasteiger partial charge in [-0.3, -0.25) is 0 Å². The van der Waals surface area contributed by atoms with Crippen molar-refractivity contribution in [2.24, 2.45) is 0 Å². The lowest BCUT2D eigenvalue weighted by Crippen LogP contribution is -2.60. The Balaban J connectivity index is 1.79. The summed E-state index contributed by atoms with van der Waals surface area (Å²) in [5, 5.41) is 4.66. The standard InChI is InChI=1S/C14H14ClN5O2/c15-10-3-8-11-12(19-14(21)17-8)20-4-6-1-2-7(16-6)9(20)5-22-13(11)18-10/h3,6-7,9,16H,1-2,4-5H2,(H,17,19,21)/t6-,7+,9-/m1/s1. The summed E-state index contributed by atoms with van der Waals surface area (Å²) < 4.78 is 5.92. The third-order valence-electron chi connectivity index (χ3n) is 4.85. The van der Waals surface area contributed by atoms with Crippen molar-refractivity contribution in [3.63, 3.8) is 0 Å². The van der Waals surface area contributed by atoms with E-state index in [0.29, 0.717) is 41.1 Å². The number of halogens is 1. The van der Waals surface area contributed by atoms with E-state index in [0.717, 1.165) is 24.8 Å². The number of aromatic nitrogens is 3. The number of aromatic amines is 1. The second kappa shape index (κ2) is 4.33. The van der Waals surface area contributed by atoms with Crippen LogP contribution in [0.1, 0.15) is 12.8 Å². The van der Waals surface area contributed by atoms with Crippen molar-refractivity contribution in [3.05, 3.63) is 21.7 Å². The molecule has 0 unspecified atom stereocenters. The van der Waals surface area contributed by atoms with E-state index in [1.807, 2.05) is 0 Å². The molecule has 5 rings (SSSR count). The highest BCUT2D eigenvalue weighted by Gasteiger charge is 2.43. The number of piperazine rings is 1. The molecule has 114 valence electrons. The van der Waals surface area contributed by atoms with Gasteiger partial charge >= 0.3 is 5.69 Å². The molecule has 22 heavy (non-hydrogen) atoms. The van der Waals surface area contributed by atoms with Crippen molar-refractivity contribution in [1.82, 2.24) is 20.3 Å². The van der Waals surface area contributed by atoms with Crippen LogP contribution in [0.4, 0.5) is 5.82 Å². The zero-order valence-electron chi connectivity index (χ0n) is 11.7. The molecule has 2 bridgehead atoms. The average molecular weight is 320 g/mol. The van der Waals surface area contributed by atoms with Gasteiger partial charge < -0.3 is 19.9 Å². The fraction of sp³-hybridized carbons (Fsp3) is 0.500. The SMILES string of the molecule is O=c1nc2c3c(nc(Cl)cc3[nH]1)OC[C@@H]1[C@@H]3CC[C@H](CN21)N3. The van der Waals surface area contributed by atoms with Crippen LogP contribution in [-0.4, -0.2) is 46.2 Å². The molecule has 2 aromatic heterocycles. The summed E-state index contributed by atoms with van der Waals surface area (Å²) >= 11 is 6.04. The van der Waals surface area contributed by atoms with E-state index >= 15 is 0 Å². The molecule has 2 N–H and O–H groups in total. The van der Waals surface area contributed by atoms with Crippen molar-refractivity contribution in [2.45, 2.75) is 31.0 Å². The molecule has 7 nitrogen and oxygen atoms in total. The van der Waals surface area contributed by atoms with Gasteiger partial charge in [-0.25, -0.2) is 9.78 Å². The Morgan fingerprint density at radius 2 is 2.27 bits per heavy atom. The second-order valence-electron chi connectivity index (χ2n) is 6.12. The zero-order valence-corrected chi connectivity index (χ0v) is 12.4. The fourth-order valence-electron chi connectivity index (χ4n) is 3.92. The molecule has 0 aliphatic carbocycles. The lowest BCUT2D eigenvalue weighted by atomic mass is 10.1. The Morgan fingerprint density at radius 1 is 1.36 bits per heavy atom. The number of H-pyrrole nitrogens is 1. The van der Waals surface area contributed by atoms with Crippen molar-refractivity contribution in [3.8, 4) is 5.88 Å². The number of hydrogen-bond donors (Lipinski definition) is 2. The van der Waals surface area contributed by atoms with E-state index in [-0.39, 0.29) is 11.7 Å². The minimum Gasteiger partial charge on any atom is -0.475 e. The Labute approximate surface area is 130 Å². The normalized spacial score (nSPS) is 29.1. The van der Waals surface area contributed by atoms with E-state index in [2.05, 4.69) is 25.2 Å². The summed E-state index contributed by atoms with van der Waals surface area (Å²) in [6, 6.07) is 2.61. The predicted molar refractivity (Wildman–Crippen MR) is 81.7 cm³/mol. The van der Waals surface area contributed by atoms with Crippen LogP contribution in [0.25, 0.3) is 10.9 Å². The highest BCUT2D eigenvalue weighted by molar-refractivity contribution is 6.30. The van der Waals surface area contributed by atoms with E-state index in [1.54, 1.807) is 6.07 Å². The molecule has 0 amide bonds. The largest absolute Gasteiger partial charge is 0.475 e. The molecular weight excluding hydrogens is 306 g/mol. The van der Waals surface area contributed by atoms with Crippen molar-refractivity contribution < 1.29 is 4.74 Å². The van der Waals surface area contributed by atoms with Crippen molar-refractivity contribution in [1.29, 1.82) is 0 Å². The van der Waals surface area contributed by atoms with Crippen molar-refractivity contribution in [2.75, 3.05) is 18.1 Å². The Kier molecular flexibility index (Phi) is 2.49. The summed E-state index contributed by atoms with van der Waals surface area (Å²) in [4.78, 5) is 25.4. The molecular formula is C14H14ClN5O2. The molecule has 0 aromatic carbocycles. The molecule has 2 aromatic rings. The molecule has 2 saturated heterocycles. The van der Waals surface area contributed by atoms with Crippen LogP contribution in [0.3, 0.4) is 0 Å². The molecule has 3 aliphatic rings. The highest BCUT2D eigenvalue weighted by atomic mass is 35.5. The first-order chi connectivity index (χ1) is 10.7. The van der Waals surface area contributed by atoms with Gasteiger partial charge in [0.2, 0.25) is 5.88 Å². The topological polar surface area (TPSA) is 83.1 Å². The number of anilines is 1. The average Bonchev–Trinajstić information content (AvgIpc) is 2.79. The number of nitrogens with zero attached hydrogens (tertiary/aromatic N) is 3. The lowest BCUT2D eigenvalue weighted by Gasteiger charge is -2.40. The van der Waals surface area contributed by atoms with Gasteiger partial charge in [-0.2, -0.15) is 4.98 Å². The molecule has 3 atom stereocenters. The van der Waals surface area contributed by atoms with Gasteiger partial charge in [0.05, 0.1) is 11.6 Å². The minimum atomic E-state index is -0.373. The molecule has 8 heteroatoms. The fourth-order valence-corrected chi connectivity index (χ4v) is 4.10. The van der Waals surface area contributed by atoms with Gasteiger partial charge in [-0.05, 0) is 12.8 Å². The first-order valence-electron chi connectivity index (χ1n) is 7.45. The Hall–Kier alpha value is -1.86. The monoisotopic (exact) mass is 319 g/mol. The molecule has 2 fully saturated rings. The van der Waals surface area contributed by atoms with Crippen LogP contribution in [0.5, 0.6) is 5.88 Å². The number of rotatable bonds is 0. The third kappa shape index (κ3) is 1.69.